The fourth-order valence-corrected chi connectivity index (χ4v) is 6.79. The standard InChI is InChI=1S/C31H22Br2/c32-25-15-16-26-21(19-25)20-28-27(26)17-18-29(33)30(28)31(24-13-7-8-14-24,22-9-3-1-4-10-22)23-11-5-2-6-12-23/h1-13,15-19H,14,20H2. The highest BCUT2D eigenvalue weighted by Crippen LogP contribution is 2.54. The van der Waals surface area contributed by atoms with Gasteiger partial charge in [-0.1, -0.05) is 123 Å². The van der Waals surface area contributed by atoms with Crippen molar-refractivity contribution in [3.8, 4) is 11.1 Å². The molecule has 0 radical (unpaired) electrons. The number of hydrogen-bond donors (Lipinski definition) is 0. The largest absolute Gasteiger partial charge is 0.0804 e. The number of allylic oxidation sites excluding steroid dienone is 4. The summed E-state index contributed by atoms with van der Waals surface area (Å²) in [6, 6.07) is 33.2. The molecule has 0 fully saturated rings. The van der Waals surface area contributed by atoms with Crippen LogP contribution in [0.25, 0.3) is 11.1 Å². The molecule has 0 bridgehead atoms. The molecule has 4 aromatic carbocycles. The summed E-state index contributed by atoms with van der Waals surface area (Å²) in [4.78, 5) is 0. The quantitative estimate of drug-likeness (QED) is 0.195. The van der Waals surface area contributed by atoms with Crippen LogP contribution in [0.5, 0.6) is 0 Å². The second-order valence-electron chi connectivity index (χ2n) is 8.73. The predicted molar refractivity (Wildman–Crippen MR) is 145 cm³/mol. The molecule has 2 aliphatic carbocycles. The number of halogens is 2. The minimum atomic E-state index is -0.379. The third-order valence-electron chi connectivity index (χ3n) is 7.03. The highest BCUT2D eigenvalue weighted by atomic mass is 79.9. The van der Waals surface area contributed by atoms with Crippen LogP contribution in [0, 0.1) is 0 Å². The van der Waals surface area contributed by atoms with Gasteiger partial charge in [0.25, 0.3) is 0 Å². The maximum atomic E-state index is 4.03. The van der Waals surface area contributed by atoms with E-state index in [1.54, 1.807) is 0 Å². The van der Waals surface area contributed by atoms with E-state index >= 15 is 0 Å². The number of hydrogen-bond acceptors (Lipinski definition) is 0. The molecule has 0 aromatic heterocycles. The molecule has 2 aliphatic rings. The first-order valence-electron chi connectivity index (χ1n) is 11.3. The van der Waals surface area contributed by atoms with Crippen molar-refractivity contribution < 1.29 is 0 Å². The van der Waals surface area contributed by atoms with E-state index < -0.39 is 0 Å². The summed E-state index contributed by atoms with van der Waals surface area (Å²) in [5, 5.41) is 0. The Morgan fingerprint density at radius 1 is 0.697 bits per heavy atom. The molecule has 0 nitrogen and oxygen atoms in total. The van der Waals surface area contributed by atoms with Gasteiger partial charge in [-0.3, -0.25) is 0 Å². The van der Waals surface area contributed by atoms with Crippen LogP contribution < -0.4 is 0 Å². The van der Waals surface area contributed by atoms with Gasteiger partial charge in [-0.2, -0.15) is 0 Å². The van der Waals surface area contributed by atoms with Gasteiger partial charge in [-0.15, -0.1) is 0 Å². The lowest BCUT2D eigenvalue weighted by atomic mass is 9.63. The van der Waals surface area contributed by atoms with Crippen LogP contribution in [-0.4, -0.2) is 0 Å². The molecule has 0 aliphatic heterocycles. The lowest BCUT2D eigenvalue weighted by molar-refractivity contribution is 0.700. The molecule has 160 valence electrons. The molecule has 4 aromatic rings. The molecule has 0 unspecified atom stereocenters. The summed E-state index contributed by atoms with van der Waals surface area (Å²) in [6.07, 6.45) is 8.68. The third kappa shape index (κ3) is 3.23. The van der Waals surface area contributed by atoms with E-state index in [1.807, 2.05) is 0 Å². The van der Waals surface area contributed by atoms with Gasteiger partial charge in [0.2, 0.25) is 0 Å². The van der Waals surface area contributed by atoms with E-state index in [0.717, 1.165) is 21.8 Å². The zero-order valence-corrected chi connectivity index (χ0v) is 21.2. The average molecular weight is 554 g/mol. The third-order valence-corrected chi connectivity index (χ3v) is 8.18. The molecule has 0 saturated heterocycles. The zero-order chi connectivity index (χ0) is 22.4. The number of rotatable bonds is 4. The van der Waals surface area contributed by atoms with Crippen LogP contribution in [-0.2, 0) is 11.8 Å². The van der Waals surface area contributed by atoms with Gasteiger partial charge in [-0.05, 0) is 75.6 Å². The molecule has 0 spiro atoms. The lowest BCUT2D eigenvalue weighted by Crippen LogP contribution is -2.33. The Labute approximate surface area is 212 Å². The monoisotopic (exact) mass is 552 g/mol. The van der Waals surface area contributed by atoms with Crippen LogP contribution in [0.2, 0.25) is 0 Å². The Morgan fingerprint density at radius 2 is 1.36 bits per heavy atom. The first-order valence-corrected chi connectivity index (χ1v) is 12.9. The highest BCUT2D eigenvalue weighted by Gasteiger charge is 2.44. The average Bonchev–Trinajstić information content (AvgIpc) is 3.50. The minimum Gasteiger partial charge on any atom is -0.0804 e. The topological polar surface area (TPSA) is 0 Å². The Bertz CT molecular complexity index is 1370. The molecule has 6 rings (SSSR count). The maximum absolute atomic E-state index is 4.03. The normalized spacial score (nSPS) is 14.2. The van der Waals surface area contributed by atoms with Crippen molar-refractivity contribution in [1.82, 2.24) is 0 Å². The Kier molecular flexibility index (Phi) is 5.24. The fraction of sp³-hybridized carbons (Fsp3) is 0.0968. The molecule has 0 atom stereocenters. The van der Waals surface area contributed by atoms with Crippen molar-refractivity contribution in [2.24, 2.45) is 0 Å². The smallest absolute Gasteiger partial charge is 0.0681 e. The fourth-order valence-electron chi connectivity index (χ4n) is 5.71. The van der Waals surface area contributed by atoms with Crippen LogP contribution in [0.3, 0.4) is 0 Å². The van der Waals surface area contributed by atoms with Crippen LogP contribution in [0.1, 0.15) is 34.2 Å². The molecule has 0 heterocycles. The van der Waals surface area contributed by atoms with E-state index in [4.69, 9.17) is 0 Å². The molecule has 2 heteroatoms. The second-order valence-corrected chi connectivity index (χ2v) is 10.5. The number of fused-ring (bicyclic) bond motifs is 3. The van der Waals surface area contributed by atoms with Crippen molar-refractivity contribution in [3.05, 3.63) is 152 Å². The van der Waals surface area contributed by atoms with Crippen LogP contribution in [0.4, 0.5) is 0 Å². The Morgan fingerprint density at radius 3 is 2.00 bits per heavy atom. The molecular formula is C31H22Br2. The van der Waals surface area contributed by atoms with Crippen molar-refractivity contribution in [1.29, 1.82) is 0 Å². The van der Waals surface area contributed by atoms with Crippen molar-refractivity contribution >= 4 is 31.9 Å². The van der Waals surface area contributed by atoms with Crippen molar-refractivity contribution in [3.63, 3.8) is 0 Å². The molecular weight excluding hydrogens is 532 g/mol. The molecule has 0 amide bonds. The summed E-state index contributed by atoms with van der Waals surface area (Å²) in [5.74, 6) is 0. The van der Waals surface area contributed by atoms with Gasteiger partial charge in [0.05, 0.1) is 5.41 Å². The van der Waals surface area contributed by atoms with Crippen LogP contribution >= 0.6 is 31.9 Å². The zero-order valence-electron chi connectivity index (χ0n) is 18.1. The van der Waals surface area contributed by atoms with Crippen molar-refractivity contribution in [2.75, 3.05) is 0 Å². The molecule has 33 heavy (non-hydrogen) atoms. The molecule has 0 saturated carbocycles. The van der Waals surface area contributed by atoms with Gasteiger partial charge in [0.1, 0.15) is 0 Å². The summed E-state index contributed by atoms with van der Waals surface area (Å²) in [6.45, 7) is 0. The van der Waals surface area contributed by atoms with Gasteiger partial charge >= 0.3 is 0 Å². The van der Waals surface area contributed by atoms with Crippen LogP contribution in [0.15, 0.2) is 124 Å². The van der Waals surface area contributed by atoms with E-state index in [2.05, 4.69) is 141 Å². The first-order chi connectivity index (χ1) is 16.2. The molecule has 0 N–H and O–H groups in total. The van der Waals surface area contributed by atoms with E-state index in [1.165, 1.54) is 44.5 Å². The lowest BCUT2D eigenvalue weighted by Gasteiger charge is -2.40. The van der Waals surface area contributed by atoms with Gasteiger partial charge in [-0.25, -0.2) is 0 Å². The second kappa shape index (κ2) is 8.27. The number of benzene rings is 4. The van der Waals surface area contributed by atoms with E-state index in [9.17, 15) is 0 Å². The van der Waals surface area contributed by atoms with Gasteiger partial charge in [0, 0.05) is 8.95 Å². The van der Waals surface area contributed by atoms with Gasteiger partial charge in [0.15, 0.2) is 0 Å². The summed E-state index contributed by atoms with van der Waals surface area (Å²) < 4.78 is 2.29. The SMILES string of the molecule is Brc1ccc2c(c1)Cc1c-2ccc(Br)c1C(C1=CC=CC1)(c1ccccc1)c1ccccc1. The van der Waals surface area contributed by atoms with E-state index in [-0.39, 0.29) is 5.41 Å². The summed E-state index contributed by atoms with van der Waals surface area (Å²) in [5.41, 5.74) is 10.5. The first kappa shape index (κ1) is 20.9. The predicted octanol–water partition coefficient (Wildman–Crippen LogP) is 9.00. The maximum Gasteiger partial charge on any atom is 0.0681 e. The highest BCUT2D eigenvalue weighted by molar-refractivity contribution is 9.10. The van der Waals surface area contributed by atoms with Gasteiger partial charge < -0.3 is 0 Å². The van der Waals surface area contributed by atoms with Crippen molar-refractivity contribution in [2.45, 2.75) is 18.3 Å². The summed E-state index contributed by atoms with van der Waals surface area (Å²) in [7, 11) is 0. The summed E-state index contributed by atoms with van der Waals surface area (Å²) >= 11 is 7.71. The Hall–Kier alpha value is -2.68. The Balaban J connectivity index is 1.73. The minimum absolute atomic E-state index is 0.379. The van der Waals surface area contributed by atoms with E-state index in [0.29, 0.717) is 0 Å².